The number of thiocarbonyl (C=S) groups is 1. The molecule has 6 rings (SSSR count). The quantitative estimate of drug-likeness (QED) is 0.0516. The molecule has 1 saturated heterocycles. The van der Waals surface area contributed by atoms with Gasteiger partial charge >= 0.3 is 12.7 Å². The van der Waals surface area contributed by atoms with Gasteiger partial charge in [-0.05, 0) is 108 Å². The van der Waals surface area contributed by atoms with Crippen molar-refractivity contribution < 1.29 is 40.6 Å². The number of carbonyl (C=O) groups excluding carboxylic acids is 1. The summed E-state index contributed by atoms with van der Waals surface area (Å²) in [6, 6.07) is 23.2. The molecule has 0 unspecified atom stereocenters. The van der Waals surface area contributed by atoms with Crippen LogP contribution in [0.4, 0.5) is 32.0 Å². The highest BCUT2D eigenvalue weighted by atomic mass is 32.2. The summed E-state index contributed by atoms with van der Waals surface area (Å²) in [5.41, 5.74) is 7.43. The number of aromatic nitrogens is 3. The van der Waals surface area contributed by atoms with Gasteiger partial charge in [-0.25, -0.2) is 9.67 Å². The van der Waals surface area contributed by atoms with Gasteiger partial charge in [0.25, 0.3) is 5.91 Å². The van der Waals surface area contributed by atoms with Crippen molar-refractivity contribution in [3.05, 3.63) is 124 Å². The molecule has 0 spiro atoms. The van der Waals surface area contributed by atoms with Gasteiger partial charge in [-0.3, -0.25) is 15.1 Å². The number of alkyl halides is 6. The highest BCUT2D eigenvalue weighted by Gasteiger charge is 2.37. The highest BCUT2D eigenvalue weighted by molar-refractivity contribution is 8.19. The number of carbonyl (C=O) groups is 1. The third-order valence-corrected chi connectivity index (χ3v) is 8.98. The third kappa shape index (κ3) is 10.2. The topological polar surface area (TPSA) is 106 Å². The highest BCUT2D eigenvalue weighted by Crippen LogP contribution is 2.40. The zero-order valence-corrected chi connectivity index (χ0v) is 31.1. The summed E-state index contributed by atoms with van der Waals surface area (Å²) >= 11 is 6.53. The third-order valence-electron chi connectivity index (χ3n) is 7.83. The molecule has 5 aromatic rings. The molecule has 1 amide bonds. The number of amides is 1. The number of aryl methyl sites for hydroxylation is 1. The lowest BCUT2D eigenvalue weighted by Crippen LogP contribution is -2.31. The van der Waals surface area contributed by atoms with Gasteiger partial charge in [0.2, 0.25) is 5.11 Å². The lowest BCUT2D eigenvalue weighted by molar-refractivity contribution is -0.275. The van der Waals surface area contributed by atoms with Gasteiger partial charge in [0, 0.05) is 5.56 Å². The van der Waals surface area contributed by atoms with E-state index in [0.29, 0.717) is 33.9 Å². The number of anilines is 1. The Balaban J connectivity index is 1.16. The van der Waals surface area contributed by atoms with Gasteiger partial charge in [0.15, 0.2) is 11.0 Å². The maximum Gasteiger partial charge on any atom is 0.573 e. The van der Waals surface area contributed by atoms with Gasteiger partial charge in [-0.1, -0.05) is 62.4 Å². The SMILES string of the molecule is Cc1ccc(C(C)C)c(N2C(=O)/C(=C\c3ccc(OC(F)(F)F)cc3)S/C2=N\C(=S)N/N=C/c2ccc(-c3ncn(-c4ccc(OC(F)(F)F)cc4)n3)cc2)c1. The van der Waals surface area contributed by atoms with Crippen LogP contribution >= 0.6 is 24.0 Å². The minimum Gasteiger partial charge on any atom is -0.406 e. The smallest absolute Gasteiger partial charge is 0.406 e. The minimum absolute atomic E-state index is 0.0421. The Morgan fingerprint density at radius 1 is 0.875 bits per heavy atom. The minimum atomic E-state index is -4.83. The average Bonchev–Trinajstić information content (AvgIpc) is 3.73. The summed E-state index contributed by atoms with van der Waals surface area (Å²) < 4.78 is 84.7. The molecule has 1 aliphatic rings. The number of thioether (sulfide) groups is 1. The van der Waals surface area contributed by atoms with Crippen molar-refractivity contribution in [3.63, 3.8) is 0 Å². The predicted octanol–water partition coefficient (Wildman–Crippen LogP) is 9.55. The largest absolute Gasteiger partial charge is 0.573 e. The Labute approximate surface area is 325 Å². The van der Waals surface area contributed by atoms with E-state index in [9.17, 15) is 31.1 Å². The zero-order valence-electron chi connectivity index (χ0n) is 29.5. The number of hydrazone groups is 1. The average molecular weight is 810 g/mol. The summed E-state index contributed by atoms with van der Waals surface area (Å²) in [5, 5.41) is 8.81. The molecule has 1 N–H and O–H groups in total. The molecule has 56 heavy (non-hydrogen) atoms. The van der Waals surface area contributed by atoms with Crippen LogP contribution in [0.2, 0.25) is 0 Å². The maximum absolute atomic E-state index is 13.9. The first kappa shape index (κ1) is 39.7. The molecule has 2 heterocycles. The van der Waals surface area contributed by atoms with Crippen LogP contribution in [0.3, 0.4) is 0 Å². The van der Waals surface area contributed by atoms with E-state index in [2.05, 4.69) is 35.1 Å². The summed E-state index contributed by atoms with van der Waals surface area (Å²) in [6.45, 7) is 5.90. The zero-order chi connectivity index (χ0) is 40.2. The predicted molar refractivity (Wildman–Crippen MR) is 206 cm³/mol. The van der Waals surface area contributed by atoms with E-state index in [0.717, 1.165) is 35.0 Å². The van der Waals surface area contributed by atoms with E-state index in [1.807, 2.05) is 39.0 Å². The van der Waals surface area contributed by atoms with Gasteiger partial charge in [0.05, 0.1) is 22.5 Å². The van der Waals surface area contributed by atoms with Crippen LogP contribution in [0, 0.1) is 6.92 Å². The second kappa shape index (κ2) is 16.4. The van der Waals surface area contributed by atoms with E-state index >= 15 is 0 Å². The number of nitrogens with zero attached hydrogens (tertiary/aromatic N) is 6. The fraction of sp³-hybridized carbons (Fsp3) is 0.158. The normalized spacial score (nSPS) is 15.0. The molecule has 1 fully saturated rings. The number of benzene rings is 4. The van der Waals surface area contributed by atoms with Crippen LogP contribution in [-0.2, 0) is 4.79 Å². The molecule has 4 aromatic carbocycles. The summed E-state index contributed by atoms with van der Waals surface area (Å²) in [5.74, 6) is -0.707. The Morgan fingerprint density at radius 2 is 1.48 bits per heavy atom. The molecular weight excluding hydrogens is 781 g/mol. The first-order valence-electron chi connectivity index (χ1n) is 16.5. The lowest BCUT2D eigenvalue weighted by Gasteiger charge is -2.22. The summed E-state index contributed by atoms with van der Waals surface area (Å²) in [4.78, 5) is 24.5. The molecule has 0 saturated carbocycles. The number of hydrogen-bond donors (Lipinski definition) is 1. The van der Waals surface area contributed by atoms with Gasteiger partial charge in [-0.15, -0.1) is 31.4 Å². The molecule has 1 aromatic heterocycles. The molecule has 10 nitrogen and oxygen atoms in total. The van der Waals surface area contributed by atoms with Crippen molar-refractivity contribution in [2.24, 2.45) is 10.1 Å². The Bertz CT molecular complexity index is 2320. The Hall–Kier alpha value is -6.01. The van der Waals surface area contributed by atoms with Crippen LogP contribution < -0.4 is 19.8 Å². The molecule has 0 radical (unpaired) electrons. The van der Waals surface area contributed by atoms with Crippen LogP contribution in [-0.4, -0.2) is 49.9 Å². The summed E-state index contributed by atoms with van der Waals surface area (Å²) in [7, 11) is 0. The fourth-order valence-electron chi connectivity index (χ4n) is 5.33. The standard InChI is InChI=1S/C38H29F6N7O3S2/c1-22(2)30-17-4-23(3)18-31(30)51-34(52)32(19-24-7-13-28(14-8-24)53-37(39,40)41)56-36(51)47-35(55)48-46-20-25-5-9-26(10-6-25)33-45-21-50(49-33)27-11-15-29(16-12-27)54-38(42,43)44/h4-22H,1-3H3,(H,48,55)/b32-19+,46-20+,47-36-. The van der Waals surface area contributed by atoms with E-state index < -0.39 is 18.6 Å². The van der Waals surface area contributed by atoms with Gasteiger partial charge in [0.1, 0.15) is 17.8 Å². The van der Waals surface area contributed by atoms with Crippen molar-refractivity contribution in [2.75, 3.05) is 4.90 Å². The number of ether oxygens (including phenoxy) is 2. The monoisotopic (exact) mass is 809 g/mol. The maximum atomic E-state index is 13.9. The molecule has 18 heteroatoms. The first-order valence-corrected chi connectivity index (χ1v) is 17.7. The van der Waals surface area contributed by atoms with Crippen molar-refractivity contribution in [1.29, 1.82) is 0 Å². The van der Waals surface area contributed by atoms with E-state index in [4.69, 9.17) is 12.2 Å². The van der Waals surface area contributed by atoms with Gasteiger partial charge in [-0.2, -0.15) is 10.1 Å². The second-order valence-electron chi connectivity index (χ2n) is 12.3. The van der Waals surface area contributed by atoms with Gasteiger partial charge < -0.3 is 9.47 Å². The molecule has 0 atom stereocenters. The second-order valence-corrected chi connectivity index (χ2v) is 13.7. The molecule has 1 aliphatic heterocycles. The molecule has 0 bridgehead atoms. The first-order chi connectivity index (χ1) is 26.5. The Morgan fingerprint density at radius 3 is 2.09 bits per heavy atom. The number of nitrogens with one attached hydrogen (secondary N) is 1. The number of rotatable bonds is 9. The van der Waals surface area contributed by atoms with Crippen molar-refractivity contribution in [2.45, 2.75) is 39.4 Å². The van der Waals surface area contributed by atoms with Crippen molar-refractivity contribution in [1.82, 2.24) is 20.2 Å². The van der Waals surface area contributed by atoms with E-state index in [1.165, 1.54) is 58.5 Å². The molecular formula is C38H29F6N7O3S2. The van der Waals surface area contributed by atoms with Crippen LogP contribution in [0.1, 0.15) is 42.0 Å². The van der Waals surface area contributed by atoms with Crippen molar-refractivity contribution >= 4 is 58.1 Å². The summed E-state index contributed by atoms with van der Waals surface area (Å²) in [6.07, 6.45) is -5.13. The number of halogens is 6. The van der Waals surface area contributed by atoms with Crippen LogP contribution in [0.5, 0.6) is 11.5 Å². The number of hydrogen-bond acceptors (Lipinski definition) is 8. The molecule has 288 valence electrons. The fourth-order valence-corrected chi connectivity index (χ4v) is 6.50. The van der Waals surface area contributed by atoms with Crippen LogP contribution in [0.15, 0.2) is 112 Å². The molecule has 0 aliphatic carbocycles. The lowest BCUT2D eigenvalue weighted by atomic mass is 9.98. The van der Waals surface area contributed by atoms with Crippen LogP contribution in [0.25, 0.3) is 23.2 Å². The Kier molecular flexibility index (Phi) is 11.6. The van der Waals surface area contributed by atoms with Crippen molar-refractivity contribution in [3.8, 4) is 28.6 Å². The number of aliphatic imine (C=N–C) groups is 1. The van der Waals surface area contributed by atoms with E-state index in [1.54, 1.807) is 30.3 Å². The number of amidine groups is 1. The van der Waals surface area contributed by atoms with E-state index in [-0.39, 0.29) is 32.6 Å².